The van der Waals surface area contributed by atoms with Crippen molar-refractivity contribution in [2.45, 2.75) is 77.5 Å². The van der Waals surface area contributed by atoms with E-state index in [0.717, 1.165) is 47.2 Å². The van der Waals surface area contributed by atoms with Crippen LogP contribution in [0.2, 0.25) is 0 Å². The molecule has 4 atom stereocenters. The van der Waals surface area contributed by atoms with Crippen LogP contribution < -0.4 is 10.6 Å². The zero-order valence-electron chi connectivity index (χ0n) is 31.5. The first-order valence-corrected chi connectivity index (χ1v) is 18.7. The molecule has 1 aliphatic carbocycles. The van der Waals surface area contributed by atoms with Crippen LogP contribution in [-0.2, 0) is 14.3 Å². The number of aromatic nitrogens is 4. The molecular formula is C40H46N8O7. The number of alkyl carbamates (subject to hydrolysis) is 1. The van der Waals surface area contributed by atoms with Crippen LogP contribution in [0.15, 0.2) is 48.8 Å². The summed E-state index contributed by atoms with van der Waals surface area (Å²) >= 11 is 0. The molecule has 0 radical (unpaired) electrons. The average Bonchev–Trinajstić information content (AvgIpc) is 4.02. The van der Waals surface area contributed by atoms with Gasteiger partial charge in [-0.1, -0.05) is 52.0 Å². The fourth-order valence-corrected chi connectivity index (χ4v) is 8.05. The van der Waals surface area contributed by atoms with Crippen molar-refractivity contribution in [3.8, 4) is 33.6 Å². The lowest BCUT2D eigenvalue weighted by molar-refractivity contribution is -0.136. The van der Waals surface area contributed by atoms with Gasteiger partial charge in [-0.2, -0.15) is 0 Å². The van der Waals surface area contributed by atoms with Crippen molar-refractivity contribution in [3.05, 3.63) is 71.6 Å². The number of carboxylic acid groups (broad SMARTS) is 1. The highest BCUT2D eigenvalue weighted by Crippen LogP contribution is 2.41. The molecule has 2 fully saturated rings. The van der Waals surface area contributed by atoms with E-state index in [0.29, 0.717) is 48.0 Å². The van der Waals surface area contributed by atoms with Gasteiger partial charge in [-0.15, -0.1) is 0 Å². The van der Waals surface area contributed by atoms with Gasteiger partial charge >= 0.3 is 12.2 Å². The van der Waals surface area contributed by atoms with Gasteiger partial charge in [0.15, 0.2) is 5.78 Å². The second-order valence-corrected chi connectivity index (χ2v) is 15.1. The molecule has 2 aliphatic heterocycles. The topological polar surface area (TPSA) is 203 Å². The van der Waals surface area contributed by atoms with E-state index in [1.807, 2.05) is 64.1 Å². The first-order valence-electron chi connectivity index (χ1n) is 18.7. The third-order valence-electron chi connectivity index (χ3n) is 10.9. The molecule has 2 aromatic heterocycles. The molecule has 7 rings (SSSR count). The fraction of sp³-hybridized carbons (Fsp3) is 0.425. The smallest absolute Gasteiger partial charge is 0.407 e. The van der Waals surface area contributed by atoms with Crippen LogP contribution in [0, 0.1) is 11.8 Å². The Morgan fingerprint density at radius 2 is 1.20 bits per heavy atom. The maximum absolute atomic E-state index is 13.9. The summed E-state index contributed by atoms with van der Waals surface area (Å²) in [5.74, 6) is 0.326. The third-order valence-corrected chi connectivity index (χ3v) is 10.9. The van der Waals surface area contributed by atoms with E-state index in [4.69, 9.17) is 4.74 Å². The highest BCUT2D eigenvalue weighted by Gasteiger charge is 2.39. The van der Waals surface area contributed by atoms with Crippen molar-refractivity contribution in [2.24, 2.45) is 11.8 Å². The Kier molecular flexibility index (Phi) is 10.2. The zero-order valence-corrected chi connectivity index (χ0v) is 31.5. The van der Waals surface area contributed by atoms with Crippen LogP contribution in [0.5, 0.6) is 0 Å². The van der Waals surface area contributed by atoms with Crippen molar-refractivity contribution in [2.75, 3.05) is 20.2 Å². The molecule has 4 amide bonds. The minimum absolute atomic E-state index is 0.100. The van der Waals surface area contributed by atoms with Crippen molar-refractivity contribution < 1.29 is 33.8 Å². The fourth-order valence-electron chi connectivity index (χ4n) is 8.05. The van der Waals surface area contributed by atoms with Gasteiger partial charge in [0.05, 0.1) is 43.0 Å². The van der Waals surface area contributed by atoms with Gasteiger partial charge in [-0.05, 0) is 60.8 Å². The summed E-state index contributed by atoms with van der Waals surface area (Å²) in [6.07, 6.45) is 4.51. The van der Waals surface area contributed by atoms with Gasteiger partial charge in [0.2, 0.25) is 11.8 Å². The van der Waals surface area contributed by atoms with Crippen LogP contribution in [-0.4, -0.2) is 96.9 Å². The van der Waals surface area contributed by atoms with E-state index < -0.39 is 24.3 Å². The molecule has 5 N–H and O–H groups in total. The molecule has 2 aromatic carbocycles. The highest BCUT2D eigenvalue weighted by molar-refractivity contribution is 6.22. The molecule has 4 aromatic rings. The summed E-state index contributed by atoms with van der Waals surface area (Å²) in [4.78, 5) is 83.8. The van der Waals surface area contributed by atoms with Crippen molar-refractivity contribution in [3.63, 3.8) is 0 Å². The number of imidazole rings is 2. The first-order chi connectivity index (χ1) is 26.4. The number of carbonyl (C=O) groups excluding carboxylic acids is 4. The van der Waals surface area contributed by atoms with Crippen LogP contribution in [0.25, 0.3) is 33.6 Å². The molecule has 4 unspecified atom stereocenters. The SMILES string of the molecule is COC(=O)NC(C(=O)N1CCCC1c1ncc(-c2ccc3c(c2)C(=O)c2cc(-c4cnc(C5CCCN5C(=O)C(NC(=O)O)C(C)C)[nH]4)ccc2-3)[nH]1)C(C)C. The minimum Gasteiger partial charge on any atom is -0.465 e. The van der Waals surface area contributed by atoms with Crippen LogP contribution in [0.3, 0.4) is 0 Å². The molecule has 4 heterocycles. The summed E-state index contributed by atoms with van der Waals surface area (Å²) in [5, 5.41) is 14.3. The Morgan fingerprint density at radius 1 is 0.745 bits per heavy atom. The van der Waals surface area contributed by atoms with Crippen LogP contribution in [0.1, 0.15) is 93.0 Å². The minimum atomic E-state index is -1.24. The van der Waals surface area contributed by atoms with Crippen molar-refractivity contribution in [1.82, 2.24) is 40.4 Å². The number of hydrogen-bond donors (Lipinski definition) is 5. The molecule has 0 saturated carbocycles. The first kappa shape index (κ1) is 37.3. The van der Waals surface area contributed by atoms with Gasteiger partial charge in [0.25, 0.3) is 0 Å². The summed E-state index contributed by atoms with van der Waals surface area (Å²) in [7, 11) is 1.27. The number of carbonyl (C=O) groups is 5. The number of methoxy groups -OCH3 is 1. The number of H-pyrrole nitrogens is 2. The summed E-state index contributed by atoms with van der Waals surface area (Å²) < 4.78 is 4.75. The number of likely N-dealkylation sites (tertiary alicyclic amines) is 2. The Morgan fingerprint density at radius 3 is 1.62 bits per heavy atom. The molecule has 0 bridgehead atoms. The Balaban J connectivity index is 1.08. The number of rotatable bonds is 10. The lowest BCUT2D eigenvalue weighted by atomic mass is 10.0. The molecule has 3 aliphatic rings. The number of benzene rings is 2. The number of amides is 4. The van der Waals surface area contributed by atoms with Gasteiger partial charge in [-0.3, -0.25) is 14.4 Å². The normalized spacial score (nSPS) is 18.7. The second-order valence-electron chi connectivity index (χ2n) is 15.1. The monoisotopic (exact) mass is 750 g/mol. The zero-order chi connectivity index (χ0) is 39.1. The second kappa shape index (κ2) is 15.0. The number of nitrogens with one attached hydrogen (secondary N) is 4. The third kappa shape index (κ3) is 7.06. The Hall–Kier alpha value is -5.99. The summed E-state index contributed by atoms with van der Waals surface area (Å²) in [6, 6.07) is 9.29. The maximum Gasteiger partial charge on any atom is 0.407 e. The Bertz CT molecular complexity index is 2160. The molecule has 288 valence electrons. The Labute approximate surface area is 318 Å². The number of aromatic amines is 2. The highest BCUT2D eigenvalue weighted by atomic mass is 16.5. The number of fused-ring (bicyclic) bond motifs is 3. The summed E-state index contributed by atoms with van der Waals surface area (Å²) in [5.41, 5.74) is 5.80. The quantitative estimate of drug-likeness (QED) is 0.119. The van der Waals surface area contributed by atoms with Gasteiger partial charge < -0.3 is 40.2 Å². The van der Waals surface area contributed by atoms with E-state index in [-0.39, 0.29) is 41.5 Å². The number of ether oxygens (including phenoxy) is 1. The van der Waals surface area contributed by atoms with E-state index in [1.54, 1.807) is 22.2 Å². The van der Waals surface area contributed by atoms with Gasteiger partial charge in [0, 0.05) is 35.3 Å². The largest absolute Gasteiger partial charge is 0.465 e. The van der Waals surface area contributed by atoms with Crippen LogP contribution >= 0.6 is 0 Å². The molecule has 55 heavy (non-hydrogen) atoms. The van der Waals surface area contributed by atoms with E-state index in [1.165, 1.54) is 7.11 Å². The number of hydrogen-bond acceptors (Lipinski definition) is 8. The molecule has 0 spiro atoms. The molecule has 2 saturated heterocycles. The molecule has 15 nitrogen and oxygen atoms in total. The standard InChI is InChI=1S/C40H46N8O7/c1-20(2)32(45-39(52)53)37(50)47-14-6-8-30(47)35-41-18-28(43-35)22-10-12-24-25-13-11-23(17-27(25)34(49)26(24)16-22)29-19-42-36(44-29)31-9-7-15-48(31)38(51)33(21(3)4)46-40(54)55-5/h10-13,16-21,30-33,45H,6-9,14-15H2,1-5H3,(H,41,43)(H,42,44)(H,46,54)(H,52,53). The summed E-state index contributed by atoms with van der Waals surface area (Å²) in [6.45, 7) is 8.42. The van der Waals surface area contributed by atoms with E-state index >= 15 is 0 Å². The number of ketones is 1. The lowest BCUT2D eigenvalue weighted by Gasteiger charge is -2.30. The van der Waals surface area contributed by atoms with Gasteiger partial charge in [0.1, 0.15) is 23.7 Å². The predicted octanol–water partition coefficient (Wildman–Crippen LogP) is 5.68. The number of nitrogens with zero attached hydrogens (tertiary/aromatic N) is 4. The van der Waals surface area contributed by atoms with Crippen molar-refractivity contribution in [1.29, 1.82) is 0 Å². The van der Waals surface area contributed by atoms with Crippen LogP contribution in [0.4, 0.5) is 9.59 Å². The van der Waals surface area contributed by atoms with E-state index in [2.05, 4.69) is 30.6 Å². The maximum atomic E-state index is 13.9. The molecular weight excluding hydrogens is 704 g/mol. The van der Waals surface area contributed by atoms with Crippen molar-refractivity contribution >= 4 is 29.8 Å². The van der Waals surface area contributed by atoms with E-state index in [9.17, 15) is 29.1 Å². The van der Waals surface area contributed by atoms with Gasteiger partial charge in [-0.25, -0.2) is 19.6 Å². The molecule has 15 heteroatoms. The average molecular weight is 751 g/mol. The lowest BCUT2D eigenvalue weighted by Crippen LogP contribution is -2.51. The predicted molar refractivity (Wildman–Crippen MR) is 202 cm³/mol.